The molecule has 9 aliphatic heterocycles. The molecule has 0 atom stereocenters. The van der Waals surface area contributed by atoms with Gasteiger partial charge < -0.3 is 48.0 Å². The second-order valence-corrected chi connectivity index (χ2v) is 40.8. The average molecular weight is 2060 g/mol. The molecule has 0 aliphatic carbocycles. The number of benzene rings is 4. The summed E-state index contributed by atoms with van der Waals surface area (Å²) in [5.41, 5.74) is 7.73. The van der Waals surface area contributed by atoms with Gasteiger partial charge in [0.05, 0.1) is 96.7 Å². The Morgan fingerprint density at radius 1 is 0.289 bits per heavy atom. The van der Waals surface area contributed by atoms with Crippen molar-refractivity contribution in [2.24, 2.45) is 0 Å². The number of thiocarbonyl (C=S) groups is 4. The number of rotatable bonds is 24. The zero-order valence-corrected chi connectivity index (χ0v) is 85.3. The molecule has 9 saturated heterocycles. The topological polar surface area (TPSA) is 287 Å². The summed E-state index contributed by atoms with van der Waals surface area (Å²) in [6, 6.07) is 53.0. The molecule has 0 spiro atoms. The number of nitrogens with zero attached hydrogens (tertiary/aromatic N) is 16. The Morgan fingerprint density at radius 3 is 0.669 bits per heavy atom. The number of hydrogen-bond acceptors (Lipinski definition) is 30. The van der Waals surface area contributed by atoms with Gasteiger partial charge in [0.2, 0.25) is 0 Å². The van der Waals surface area contributed by atoms with Crippen molar-refractivity contribution in [1.29, 1.82) is 0 Å². The number of fused-ring (bicyclic) bond motifs is 4. The summed E-state index contributed by atoms with van der Waals surface area (Å²) in [7, 11) is 6.53. The number of pyridine rings is 4. The molecule has 0 radical (unpaired) electrons. The van der Waals surface area contributed by atoms with E-state index in [9.17, 15) is 38.4 Å². The zero-order valence-electron chi connectivity index (χ0n) is 78.7. The van der Waals surface area contributed by atoms with E-state index in [1.807, 2.05) is 146 Å². The van der Waals surface area contributed by atoms with Gasteiger partial charge in [-0.2, -0.15) is 0 Å². The molecule has 12 aromatic rings. The monoisotopic (exact) mass is 2060 g/mol. The number of ether oxygens (including phenoxy) is 6. The fourth-order valence-corrected chi connectivity index (χ4v) is 22.6. The standard InChI is InChI=1S/4C25H24N4O3S2.C4H8O2/c4*1-32-18-9-7-17(8-10-18)11-15-29-24(31)20(34-25(29)33)16-19-22(27-12-4-5-13-27)26-21-6-2-3-14-28(21)23(19)30;1-2-6-4-3-5-1/h4*2-3,6-10,14,16H,4-5,11-13,15H2,1H3;1-4H2/b4*20-16-;. The first-order valence-electron chi connectivity index (χ1n) is 46.9. The van der Waals surface area contributed by atoms with Crippen molar-refractivity contribution in [1.82, 2.24) is 57.1 Å². The molecular weight excluding hydrogens is 1950 g/mol. The van der Waals surface area contributed by atoms with Crippen LogP contribution in [0.4, 0.5) is 23.3 Å². The summed E-state index contributed by atoms with van der Waals surface area (Å²) < 4.78 is 38.8. The summed E-state index contributed by atoms with van der Waals surface area (Å²) in [4.78, 5) is 142. The largest absolute Gasteiger partial charge is 0.497 e. The minimum absolute atomic E-state index is 0.173. The molecule has 0 bridgehead atoms. The molecule has 4 aromatic carbocycles. The van der Waals surface area contributed by atoms with Crippen LogP contribution in [0.25, 0.3) is 46.9 Å². The van der Waals surface area contributed by atoms with Crippen molar-refractivity contribution in [3.8, 4) is 23.0 Å². The van der Waals surface area contributed by atoms with E-state index in [4.69, 9.17) is 97.2 Å². The van der Waals surface area contributed by atoms with Gasteiger partial charge in [-0.3, -0.25) is 75.6 Å². The highest BCUT2D eigenvalue weighted by atomic mass is 32.2. The van der Waals surface area contributed by atoms with Gasteiger partial charge in [0.25, 0.3) is 45.9 Å². The van der Waals surface area contributed by atoms with Crippen LogP contribution >= 0.6 is 95.9 Å². The van der Waals surface area contributed by atoms with E-state index < -0.39 is 0 Å². The first kappa shape index (κ1) is 101. The number of anilines is 4. The van der Waals surface area contributed by atoms with Gasteiger partial charge in [-0.1, -0.05) is 169 Å². The molecular formula is C104H104N16O14S8. The normalized spacial score (nSPS) is 17.7. The smallest absolute Gasteiger partial charge is 0.267 e. The van der Waals surface area contributed by atoms with Crippen molar-refractivity contribution in [2.45, 2.75) is 77.0 Å². The maximum atomic E-state index is 13.4. The number of hydrogen-bond donors (Lipinski definition) is 0. The van der Waals surface area contributed by atoms with Crippen LogP contribution in [0.1, 0.15) is 95.9 Å². The van der Waals surface area contributed by atoms with Gasteiger partial charge in [-0.15, -0.1) is 0 Å². The molecule has 17 heterocycles. The van der Waals surface area contributed by atoms with E-state index in [0.717, 1.165) is 175 Å². The zero-order chi connectivity index (χ0) is 98.9. The van der Waals surface area contributed by atoms with Gasteiger partial charge in [0.15, 0.2) is 0 Å². The van der Waals surface area contributed by atoms with Crippen LogP contribution in [-0.4, -0.2) is 231 Å². The highest BCUT2D eigenvalue weighted by Gasteiger charge is 2.39. The van der Waals surface area contributed by atoms with Gasteiger partial charge in [0, 0.05) is 103 Å². The molecule has 21 rings (SSSR count). The van der Waals surface area contributed by atoms with Crippen LogP contribution in [0.15, 0.2) is 233 Å². The predicted molar refractivity (Wildman–Crippen MR) is 580 cm³/mol. The lowest BCUT2D eigenvalue weighted by atomic mass is 10.1. The molecule has 4 amide bonds. The number of aromatic nitrogens is 8. The molecule has 0 N–H and O–H groups in total. The summed E-state index contributed by atoms with van der Waals surface area (Å²) in [5, 5.41) is 0. The van der Waals surface area contributed by atoms with E-state index in [1.54, 1.807) is 121 Å². The predicted octanol–water partition coefficient (Wildman–Crippen LogP) is 15.0. The summed E-state index contributed by atoms with van der Waals surface area (Å²) in [6.45, 7) is 11.8. The molecule has 8 aromatic heterocycles. The molecule has 9 aliphatic rings. The van der Waals surface area contributed by atoms with E-state index in [1.165, 1.54) is 64.7 Å². The number of methoxy groups -OCH3 is 4. The Labute approximate surface area is 858 Å². The first-order chi connectivity index (χ1) is 69.2. The van der Waals surface area contributed by atoms with Crippen molar-refractivity contribution < 1.29 is 47.6 Å². The fourth-order valence-electron chi connectivity index (χ4n) is 17.4. The first-order valence-corrected chi connectivity index (χ1v) is 51.8. The van der Waals surface area contributed by atoms with Gasteiger partial charge in [-0.25, -0.2) is 19.9 Å². The van der Waals surface area contributed by atoms with Gasteiger partial charge >= 0.3 is 0 Å². The Morgan fingerprint density at radius 2 is 0.486 bits per heavy atom. The van der Waals surface area contributed by atoms with Gasteiger partial charge in [-0.05, 0) is 221 Å². The Kier molecular flexibility index (Phi) is 33.6. The van der Waals surface area contributed by atoms with Crippen LogP contribution in [0, 0.1) is 0 Å². The number of carbonyl (C=O) groups is 4. The highest BCUT2D eigenvalue weighted by molar-refractivity contribution is 8.28. The molecule has 9 fully saturated rings. The minimum Gasteiger partial charge on any atom is -0.497 e. The summed E-state index contributed by atoms with van der Waals surface area (Å²) in [5.74, 6) is 5.03. The maximum absolute atomic E-state index is 13.4. The SMILES string of the molecule is C1COCCO1.COc1ccc(CCN2C(=O)/C(=C/c3c(N4CCCC4)nc4ccccn4c3=O)SC2=S)cc1.COc1ccc(CCN2C(=O)/C(=C/c3c(N4CCCC4)nc4ccccn4c3=O)SC2=S)cc1.COc1ccc(CCN2C(=O)/C(=C/c3c(N4CCCC4)nc4ccccn4c3=O)SC2=S)cc1.COc1ccc(CCN2C(=O)/C(=C/c3c(N4CCCC4)nc4ccccn4c3=O)SC2=S)cc1. The quantitative estimate of drug-likeness (QED) is 0.0401. The molecule has 30 nitrogen and oxygen atoms in total. The minimum atomic E-state index is -0.184. The van der Waals surface area contributed by atoms with Crippen LogP contribution in [0.5, 0.6) is 23.0 Å². The van der Waals surface area contributed by atoms with Crippen LogP contribution in [0.2, 0.25) is 0 Å². The van der Waals surface area contributed by atoms with Crippen molar-refractivity contribution in [2.75, 3.05) is 153 Å². The average Bonchev–Trinajstić information content (AvgIpc) is 1.61. The van der Waals surface area contributed by atoms with Crippen molar-refractivity contribution in [3.63, 3.8) is 0 Å². The second-order valence-electron chi connectivity index (χ2n) is 34.1. The summed E-state index contributed by atoms with van der Waals surface area (Å²) in [6.07, 6.45) is 24.7. The van der Waals surface area contributed by atoms with Gasteiger partial charge in [0.1, 0.15) is 86.1 Å². The number of thioether (sulfide) groups is 4. The Hall–Kier alpha value is -12.8. The van der Waals surface area contributed by atoms with E-state index in [2.05, 4.69) is 19.6 Å². The third kappa shape index (κ3) is 23.6. The molecule has 732 valence electrons. The van der Waals surface area contributed by atoms with Crippen LogP contribution in [0.3, 0.4) is 0 Å². The van der Waals surface area contributed by atoms with Crippen LogP contribution in [-0.2, 0) is 54.3 Å². The highest BCUT2D eigenvalue weighted by Crippen LogP contribution is 2.40. The van der Waals surface area contributed by atoms with E-state index >= 15 is 0 Å². The molecule has 0 unspecified atom stereocenters. The van der Waals surface area contributed by atoms with E-state index in [-0.39, 0.29) is 45.9 Å². The summed E-state index contributed by atoms with van der Waals surface area (Å²) >= 11 is 27.0. The molecule has 142 heavy (non-hydrogen) atoms. The second kappa shape index (κ2) is 47.4. The lowest BCUT2D eigenvalue weighted by Crippen LogP contribution is -2.30. The lowest BCUT2D eigenvalue weighted by molar-refractivity contribution is -0.122. The Balaban J connectivity index is 0.000000127. The van der Waals surface area contributed by atoms with Crippen LogP contribution < -0.4 is 60.8 Å². The van der Waals surface area contributed by atoms with Crippen molar-refractivity contribution in [3.05, 3.63) is 300 Å². The van der Waals surface area contributed by atoms with Crippen molar-refractivity contribution >= 4 is 207 Å². The number of carbonyl (C=O) groups excluding carboxylic acids is 4. The lowest BCUT2D eigenvalue weighted by Gasteiger charge is -2.19. The fraction of sp³-hybridized carbons (Fsp3) is 0.308. The maximum Gasteiger partial charge on any atom is 0.267 e. The molecule has 0 saturated carbocycles. The van der Waals surface area contributed by atoms with E-state index in [0.29, 0.717) is 157 Å². The molecule has 38 heteroatoms. The Bertz CT molecular complexity index is 6330. The third-order valence-corrected chi connectivity index (χ3v) is 30.6. The number of amides is 4. The third-order valence-electron chi connectivity index (χ3n) is 25.1.